The number of nitrogens with one attached hydrogen (secondary N) is 5. The minimum absolute atomic E-state index is 0.148. The maximum absolute atomic E-state index is 13.6. The summed E-state index contributed by atoms with van der Waals surface area (Å²) in [4.78, 5) is 50.3. The van der Waals surface area contributed by atoms with E-state index in [1.165, 1.54) is 12.1 Å². The summed E-state index contributed by atoms with van der Waals surface area (Å²) in [5.41, 5.74) is 0.544. The lowest BCUT2D eigenvalue weighted by Crippen LogP contribution is -2.46. The maximum atomic E-state index is 13.6. The number of anilines is 3. The van der Waals surface area contributed by atoms with Crippen LogP contribution < -0.4 is 26.6 Å². The topological polar surface area (TPSA) is 156 Å². The number of carbonyl (C=O) groups is 4. The van der Waals surface area contributed by atoms with Crippen LogP contribution in [-0.2, 0) is 25.5 Å². The van der Waals surface area contributed by atoms with Crippen molar-refractivity contribution in [3.8, 4) is 0 Å². The first-order valence-electron chi connectivity index (χ1n) is 14.9. The van der Waals surface area contributed by atoms with Gasteiger partial charge in [-0.3, -0.25) is 10.1 Å². The molecular formula is C32H46FN5O7. The molecule has 0 fully saturated rings. The van der Waals surface area contributed by atoms with E-state index in [4.69, 9.17) is 14.2 Å². The van der Waals surface area contributed by atoms with E-state index in [0.29, 0.717) is 31.6 Å². The molecule has 0 aliphatic rings. The van der Waals surface area contributed by atoms with Gasteiger partial charge in [0.05, 0.1) is 18.0 Å². The Balaban J connectivity index is 2.19. The number of unbranched alkanes of at least 4 members (excludes halogenated alkanes) is 1. The van der Waals surface area contributed by atoms with Crippen molar-refractivity contribution in [2.45, 2.75) is 91.5 Å². The Labute approximate surface area is 264 Å². The quantitative estimate of drug-likeness (QED) is 0.123. The molecule has 0 bridgehead atoms. The summed E-state index contributed by atoms with van der Waals surface area (Å²) < 4.78 is 28.9. The van der Waals surface area contributed by atoms with Gasteiger partial charge in [0.2, 0.25) is 5.91 Å². The Hall–Kier alpha value is -4.55. The number of ether oxygens (including phenoxy) is 3. The standard InChI is InChI=1S/C32H46FN5O7/c1-8-43-29(41)37-24-17-16-23(35-20-21-12-14-22(33)15-13-21)19-26(24)36-27(39)25(38-30(42)45-32(5,6)7)11-9-10-18-34-28(40)44-31(2,3)4/h12-17,19,25,35H,8-11,18,20H2,1-7H3,(H,34,40)(H,36,39)(H,37,41)(H,38,42). The third-order valence-corrected chi connectivity index (χ3v) is 5.79. The predicted octanol–water partition coefficient (Wildman–Crippen LogP) is 6.53. The van der Waals surface area contributed by atoms with Gasteiger partial charge in [-0.1, -0.05) is 12.1 Å². The summed E-state index contributed by atoms with van der Waals surface area (Å²) in [6.07, 6.45) is -0.813. The second-order valence-corrected chi connectivity index (χ2v) is 12.2. The highest BCUT2D eigenvalue weighted by Crippen LogP contribution is 2.27. The second-order valence-electron chi connectivity index (χ2n) is 12.2. The summed E-state index contributed by atoms with van der Waals surface area (Å²) in [5.74, 6) is -0.893. The molecule has 2 aromatic rings. The number of hydrogen-bond acceptors (Lipinski definition) is 8. The molecule has 0 saturated heterocycles. The largest absolute Gasteiger partial charge is 0.450 e. The molecule has 2 aromatic carbocycles. The van der Waals surface area contributed by atoms with Crippen molar-refractivity contribution < 1.29 is 37.8 Å². The maximum Gasteiger partial charge on any atom is 0.411 e. The van der Waals surface area contributed by atoms with Crippen LogP contribution in [0.25, 0.3) is 0 Å². The van der Waals surface area contributed by atoms with Crippen LogP contribution in [0.1, 0.15) is 73.3 Å². The molecule has 0 heterocycles. The molecule has 0 aromatic heterocycles. The van der Waals surface area contributed by atoms with Crippen LogP contribution in [-0.4, -0.2) is 54.6 Å². The molecule has 45 heavy (non-hydrogen) atoms. The van der Waals surface area contributed by atoms with Crippen molar-refractivity contribution in [3.05, 3.63) is 53.8 Å². The average Bonchev–Trinajstić information content (AvgIpc) is 2.91. The van der Waals surface area contributed by atoms with Crippen LogP contribution in [0.2, 0.25) is 0 Å². The second kappa shape index (κ2) is 17.1. The Bertz CT molecular complexity index is 1290. The Morgan fingerprint density at radius 1 is 0.800 bits per heavy atom. The van der Waals surface area contributed by atoms with Crippen LogP contribution in [0, 0.1) is 5.82 Å². The molecule has 0 aliphatic heterocycles. The predicted molar refractivity (Wildman–Crippen MR) is 171 cm³/mol. The van der Waals surface area contributed by atoms with E-state index in [-0.39, 0.29) is 30.2 Å². The van der Waals surface area contributed by atoms with E-state index >= 15 is 0 Å². The highest BCUT2D eigenvalue weighted by Gasteiger charge is 2.25. The van der Waals surface area contributed by atoms with E-state index in [0.717, 1.165) is 5.56 Å². The molecule has 5 N–H and O–H groups in total. The van der Waals surface area contributed by atoms with E-state index in [9.17, 15) is 23.6 Å². The van der Waals surface area contributed by atoms with E-state index in [2.05, 4.69) is 26.6 Å². The van der Waals surface area contributed by atoms with Crippen LogP contribution in [0.15, 0.2) is 42.5 Å². The van der Waals surface area contributed by atoms with Gasteiger partial charge < -0.3 is 35.5 Å². The fraction of sp³-hybridized carbons (Fsp3) is 0.500. The average molecular weight is 632 g/mol. The first-order chi connectivity index (χ1) is 21.0. The molecule has 0 aliphatic carbocycles. The van der Waals surface area contributed by atoms with Gasteiger partial charge in [-0.25, -0.2) is 18.8 Å². The molecule has 4 amide bonds. The normalized spacial score (nSPS) is 11.9. The van der Waals surface area contributed by atoms with Crippen LogP contribution >= 0.6 is 0 Å². The third kappa shape index (κ3) is 15.1. The van der Waals surface area contributed by atoms with Crippen molar-refractivity contribution >= 4 is 41.2 Å². The van der Waals surface area contributed by atoms with Crippen molar-refractivity contribution in [1.29, 1.82) is 0 Å². The lowest BCUT2D eigenvalue weighted by Gasteiger charge is -2.24. The molecule has 0 radical (unpaired) electrons. The fourth-order valence-corrected chi connectivity index (χ4v) is 3.87. The molecular weight excluding hydrogens is 585 g/mol. The summed E-state index contributed by atoms with van der Waals surface area (Å²) >= 11 is 0. The highest BCUT2D eigenvalue weighted by molar-refractivity contribution is 6.01. The van der Waals surface area contributed by atoms with Gasteiger partial charge in [0.25, 0.3) is 0 Å². The van der Waals surface area contributed by atoms with Gasteiger partial charge >= 0.3 is 18.3 Å². The lowest BCUT2D eigenvalue weighted by atomic mass is 10.1. The fourth-order valence-electron chi connectivity index (χ4n) is 3.87. The van der Waals surface area contributed by atoms with Crippen molar-refractivity contribution in [3.63, 3.8) is 0 Å². The molecule has 2 rings (SSSR count). The van der Waals surface area contributed by atoms with E-state index in [1.807, 2.05) is 0 Å². The van der Waals surface area contributed by atoms with Gasteiger partial charge in [-0.2, -0.15) is 0 Å². The number of halogens is 1. The van der Waals surface area contributed by atoms with Crippen molar-refractivity contribution in [2.75, 3.05) is 29.1 Å². The SMILES string of the molecule is CCOC(=O)Nc1ccc(NCc2ccc(F)cc2)cc1NC(=O)C(CCCCNC(=O)OC(C)(C)C)NC(=O)OC(C)(C)C. The van der Waals surface area contributed by atoms with Gasteiger partial charge in [-0.15, -0.1) is 0 Å². The minimum Gasteiger partial charge on any atom is -0.450 e. The Morgan fingerprint density at radius 2 is 1.44 bits per heavy atom. The van der Waals surface area contributed by atoms with Gasteiger partial charge in [0, 0.05) is 18.8 Å². The first-order valence-corrected chi connectivity index (χ1v) is 14.9. The first kappa shape index (κ1) is 36.6. The van der Waals surface area contributed by atoms with Crippen molar-refractivity contribution in [1.82, 2.24) is 10.6 Å². The van der Waals surface area contributed by atoms with Gasteiger partial charge in [0.15, 0.2) is 0 Å². The Morgan fingerprint density at radius 3 is 2.07 bits per heavy atom. The molecule has 0 spiro atoms. The van der Waals surface area contributed by atoms with Gasteiger partial charge in [-0.05, 0) is 104 Å². The highest BCUT2D eigenvalue weighted by atomic mass is 19.1. The molecule has 1 unspecified atom stereocenters. The van der Waals surface area contributed by atoms with Crippen molar-refractivity contribution in [2.24, 2.45) is 0 Å². The van der Waals surface area contributed by atoms with Crippen LogP contribution in [0.4, 0.5) is 35.8 Å². The lowest BCUT2D eigenvalue weighted by molar-refractivity contribution is -0.118. The molecule has 0 saturated carbocycles. The number of amides is 4. The Kier molecular flexibility index (Phi) is 13.9. The molecule has 13 heteroatoms. The van der Waals surface area contributed by atoms with E-state index < -0.39 is 41.4 Å². The number of alkyl carbamates (subject to hydrolysis) is 2. The zero-order valence-corrected chi connectivity index (χ0v) is 27.1. The summed E-state index contributed by atoms with van der Waals surface area (Å²) in [5, 5.41) is 13.9. The summed E-state index contributed by atoms with van der Waals surface area (Å²) in [7, 11) is 0. The third-order valence-electron chi connectivity index (χ3n) is 5.79. The zero-order chi connectivity index (χ0) is 33.6. The smallest absolute Gasteiger partial charge is 0.411 e. The zero-order valence-electron chi connectivity index (χ0n) is 27.1. The molecule has 12 nitrogen and oxygen atoms in total. The summed E-state index contributed by atoms with van der Waals surface area (Å²) in [6.45, 7) is 12.9. The molecule has 1 atom stereocenters. The number of benzene rings is 2. The number of carbonyl (C=O) groups excluding carboxylic acids is 4. The van der Waals surface area contributed by atoms with Crippen LogP contribution in [0.3, 0.4) is 0 Å². The van der Waals surface area contributed by atoms with E-state index in [1.54, 1.807) is 78.8 Å². The number of rotatable bonds is 13. The summed E-state index contributed by atoms with van der Waals surface area (Å²) in [6, 6.07) is 9.94. The number of hydrogen-bond donors (Lipinski definition) is 5. The minimum atomic E-state index is -1.01. The van der Waals surface area contributed by atoms with Gasteiger partial charge in [0.1, 0.15) is 23.1 Å². The van der Waals surface area contributed by atoms with Crippen LogP contribution in [0.5, 0.6) is 0 Å². The monoisotopic (exact) mass is 631 g/mol. The molecule has 248 valence electrons.